The predicted octanol–water partition coefficient (Wildman–Crippen LogP) is 12.5. The Kier molecular flexibility index (Phi) is 6.67. The van der Waals surface area contributed by atoms with E-state index in [9.17, 15) is 0 Å². The van der Waals surface area contributed by atoms with E-state index in [4.69, 9.17) is 0 Å². The van der Waals surface area contributed by atoms with E-state index in [-0.39, 0.29) is 5.92 Å². The third-order valence-corrected chi connectivity index (χ3v) is 10.5. The molecule has 1 aliphatic carbocycles. The summed E-state index contributed by atoms with van der Waals surface area (Å²) in [4.78, 5) is 0. The van der Waals surface area contributed by atoms with E-state index in [0.717, 1.165) is 6.42 Å². The van der Waals surface area contributed by atoms with Gasteiger partial charge in [0, 0.05) is 38.8 Å². The molecule has 2 aromatic heterocycles. The highest BCUT2D eigenvalue weighted by Gasteiger charge is 2.20. The molecule has 1 unspecified atom stereocenters. The zero-order valence-electron chi connectivity index (χ0n) is 27.6. The number of rotatable bonds is 5. The van der Waals surface area contributed by atoms with E-state index in [1.165, 1.54) is 82.8 Å². The summed E-state index contributed by atoms with van der Waals surface area (Å²) in [5, 5.41) is 5.14. The van der Waals surface area contributed by atoms with Gasteiger partial charge in [0.25, 0.3) is 0 Å². The van der Waals surface area contributed by atoms with E-state index in [2.05, 4.69) is 197 Å². The summed E-state index contributed by atoms with van der Waals surface area (Å²) < 4.78 is 4.78. The van der Waals surface area contributed by atoms with E-state index < -0.39 is 0 Å². The molecule has 236 valence electrons. The van der Waals surface area contributed by atoms with Gasteiger partial charge in [-0.15, -0.1) is 0 Å². The molecular weight excluding hydrogens is 605 g/mol. The molecule has 0 fully saturated rings. The molecule has 2 nitrogen and oxygen atoms in total. The first kappa shape index (κ1) is 28.6. The van der Waals surface area contributed by atoms with Gasteiger partial charge in [0.15, 0.2) is 0 Å². The molecule has 0 amide bonds. The smallest absolute Gasteiger partial charge is 0.0541 e. The maximum absolute atomic E-state index is 2.47. The lowest BCUT2D eigenvalue weighted by molar-refractivity contribution is 0.870. The molecule has 7 aromatic carbocycles. The van der Waals surface area contributed by atoms with Crippen LogP contribution in [0.25, 0.3) is 66.1 Å². The van der Waals surface area contributed by atoms with Gasteiger partial charge in [0.2, 0.25) is 0 Å². The second kappa shape index (κ2) is 11.6. The Hall–Kier alpha value is -6.38. The van der Waals surface area contributed by atoms with Crippen LogP contribution in [-0.4, -0.2) is 9.13 Å². The third kappa shape index (κ3) is 4.64. The lowest BCUT2D eigenvalue weighted by Gasteiger charge is -2.23. The normalized spacial score (nSPS) is 14.8. The topological polar surface area (TPSA) is 9.86 Å². The fourth-order valence-corrected chi connectivity index (χ4v) is 8.13. The Bertz CT molecular complexity index is 2650. The molecule has 0 bridgehead atoms. The first-order chi connectivity index (χ1) is 24.8. The second-order valence-electron chi connectivity index (χ2n) is 13.3. The highest BCUT2D eigenvalue weighted by Crippen LogP contribution is 2.40. The monoisotopic (exact) mass is 638 g/mol. The lowest BCUT2D eigenvalue weighted by Crippen LogP contribution is -2.04. The number of benzene rings is 7. The van der Waals surface area contributed by atoms with Crippen molar-refractivity contribution in [3.05, 3.63) is 205 Å². The van der Waals surface area contributed by atoms with Crippen LogP contribution in [0.15, 0.2) is 188 Å². The molecule has 0 saturated heterocycles. The molecule has 50 heavy (non-hydrogen) atoms. The Labute approximate surface area is 291 Å². The number of allylic oxidation sites excluding steroid dienone is 4. The summed E-state index contributed by atoms with van der Waals surface area (Å²) in [6.45, 7) is 0. The van der Waals surface area contributed by atoms with Crippen molar-refractivity contribution in [2.45, 2.75) is 12.3 Å². The maximum Gasteiger partial charge on any atom is 0.0541 e. The fourth-order valence-electron chi connectivity index (χ4n) is 8.13. The minimum absolute atomic E-state index is 0.259. The molecule has 0 spiro atoms. The molecule has 0 saturated carbocycles. The van der Waals surface area contributed by atoms with E-state index in [0.29, 0.717) is 0 Å². The summed E-state index contributed by atoms with van der Waals surface area (Å²) in [5.41, 5.74) is 13.8. The van der Waals surface area contributed by atoms with Crippen LogP contribution in [-0.2, 0) is 0 Å². The van der Waals surface area contributed by atoms with Gasteiger partial charge in [-0.25, -0.2) is 0 Å². The molecule has 0 aliphatic heterocycles. The van der Waals surface area contributed by atoms with E-state index in [1.807, 2.05) is 0 Å². The van der Waals surface area contributed by atoms with E-state index >= 15 is 0 Å². The van der Waals surface area contributed by atoms with Crippen LogP contribution in [0.3, 0.4) is 0 Å². The number of fused-ring (bicyclic) bond motifs is 6. The van der Waals surface area contributed by atoms with Gasteiger partial charge in [-0.05, 0) is 82.8 Å². The molecular formula is C48H34N2. The highest BCUT2D eigenvalue weighted by molar-refractivity contribution is 6.10. The van der Waals surface area contributed by atoms with Crippen molar-refractivity contribution in [3.63, 3.8) is 0 Å². The second-order valence-corrected chi connectivity index (χ2v) is 13.3. The number of hydrogen-bond donors (Lipinski definition) is 0. The number of aromatic nitrogens is 2. The summed E-state index contributed by atoms with van der Waals surface area (Å²) in [6.07, 6.45) is 5.83. The van der Waals surface area contributed by atoms with Crippen molar-refractivity contribution in [1.29, 1.82) is 0 Å². The van der Waals surface area contributed by atoms with Gasteiger partial charge in [0.05, 0.1) is 22.1 Å². The van der Waals surface area contributed by atoms with Crippen LogP contribution in [0.4, 0.5) is 0 Å². The van der Waals surface area contributed by atoms with Crippen molar-refractivity contribution in [2.75, 3.05) is 0 Å². The Balaban J connectivity index is 1.04. The van der Waals surface area contributed by atoms with Crippen LogP contribution in [0, 0.1) is 0 Å². The number of para-hydroxylation sites is 4. The molecule has 9 aromatic rings. The first-order valence-electron chi connectivity index (χ1n) is 17.5. The van der Waals surface area contributed by atoms with Gasteiger partial charge < -0.3 is 9.13 Å². The number of hydrogen-bond acceptors (Lipinski definition) is 0. The summed E-state index contributed by atoms with van der Waals surface area (Å²) >= 11 is 0. The van der Waals surface area contributed by atoms with Crippen LogP contribution in [0.1, 0.15) is 29.0 Å². The summed E-state index contributed by atoms with van der Waals surface area (Å²) in [5.74, 6) is 0.259. The molecule has 2 heterocycles. The fraction of sp³-hybridized carbons (Fsp3) is 0.0417. The van der Waals surface area contributed by atoms with Crippen LogP contribution in [0.2, 0.25) is 0 Å². The van der Waals surface area contributed by atoms with Crippen molar-refractivity contribution in [2.24, 2.45) is 0 Å². The number of nitrogens with zero attached hydrogens (tertiary/aromatic N) is 2. The molecule has 1 atom stereocenters. The van der Waals surface area contributed by atoms with Gasteiger partial charge in [-0.2, -0.15) is 0 Å². The standard InChI is InChI=1S/C48H34N2/c1-2-12-33(13-3-1)36-30-37(34-22-26-39(27-23-34)49-45-18-8-4-14-41(45)42-15-5-9-19-46(42)49)32-38(31-36)35-24-28-40(29-25-35)50-47-20-10-6-16-43(47)44-17-7-11-21-48(44)50/h1-30,32,38H,31H2. The Morgan fingerprint density at radius 2 is 0.800 bits per heavy atom. The van der Waals surface area contributed by atoms with E-state index in [1.54, 1.807) is 0 Å². The lowest BCUT2D eigenvalue weighted by atomic mass is 9.81. The minimum atomic E-state index is 0.259. The maximum atomic E-state index is 2.47. The van der Waals surface area contributed by atoms with Gasteiger partial charge in [-0.1, -0.05) is 140 Å². The minimum Gasteiger partial charge on any atom is -0.309 e. The Morgan fingerprint density at radius 1 is 0.380 bits per heavy atom. The zero-order valence-corrected chi connectivity index (χ0v) is 27.6. The molecule has 1 aliphatic rings. The predicted molar refractivity (Wildman–Crippen MR) is 211 cm³/mol. The SMILES string of the molecule is C1=C(c2ccc(-n3c4ccccc4c4ccccc43)cc2)C=C(c2ccccc2)CC1c1ccc(-n2c3ccccc3c3ccccc32)cc1. The average Bonchev–Trinajstić information content (AvgIpc) is 3.71. The van der Waals surface area contributed by atoms with Crippen molar-refractivity contribution < 1.29 is 0 Å². The first-order valence-corrected chi connectivity index (χ1v) is 17.5. The summed E-state index contributed by atoms with van der Waals surface area (Å²) in [6, 6.07) is 64.1. The quantitative estimate of drug-likeness (QED) is 0.178. The largest absolute Gasteiger partial charge is 0.309 e. The van der Waals surface area contributed by atoms with Crippen molar-refractivity contribution in [3.8, 4) is 11.4 Å². The molecule has 10 rings (SSSR count). The van der Waals surface area contributed by atoms with Crippen LogP contribution < -0.4 is 0 Å². The molecule has 0 radical (unpaired) electrons. The summed E-state index contributed by atoms with van der Waals surface area (Å²) in [7, 11) is 0. The zero-order chi connectivity index (χ0) is 33.0. The molecule has 2 heteroatoms. The van der Waals surface area contributed by atoms with Gasteiger partial charge >= 0.3 is 0 Å². The van der Waals surface area contributed by atoms with Crippen molar-refractivity contribution in [1.82, 2.24) is 9.13 Å². The highest BCUT2D eigenvalue weighted by atomic mass is 15.0. The van der Waals surface area contributed by atoms with Crippen LogP contribution >= 0.6 is 0 Å². The van der Waals surface area contributed by atoms with Crippen LogP contribution in [0.5, 0.6) is 0 Å². The van der Waals surface area contributed by atoms with Gasteiger partial charge in [0.1, 0.15) is 0 Å². The molecule has 0 N–H and O–H groups in total. The van der Waals surface area contributed by atoms with Crippen molar-refractivity contribution >= 4 is 54.8 Å². The van der Waals surface area contributed by atoms with Gasteiger partial charge in [-0.3, -0.25) is 0 Å². The Morgan fingerprint density at radius 3 is 1.28 bits per heavy atom. The third-order valence-electron chi connectivity index (χ3n) is 10.5. The average molecular weight is 639 g/mol.